The zero-order valence-electron chi connectivity index (χ0n) is 19.5. The lowest BCUT2D eigenvalue weighted by Crippen LogP contribution is -2.46. The lowest BCUT2D eigenvalue weighted by Gasteiger charge is -2.43. The molecule has 33 heavy (non-hydrogen) atoms. The highest BCUT2D eigenvalue weighted by Gasteiger charge is 2.56. The Labute approximate surface area is 195 Å². The zero-order valence-corrected chi connectivity index (χ0v) is 19.5. The monoisotopic (exact) mass is 453 g/mol. The van der Waals surface area contributed by atoms with Crippen molar-refractivity contribution in [2.45, 2.75) is 45.0 Å². The van der Waals surface area contributed by atoms with Gasteiger partial charge in [-0.15, -0.1) is 0 Å². The Bertz CT molecular complexity index is 989. The van der Waals surface area contributed by atoms with Crippen LogP contribution in [-0.2, 0) is 19.0 Å². The SMILES string of the molecule is CC/C(=C\c1ccccc1O)CC[C@H]1OB(O)C[C@H]2C1=C(COC)C[C@H]1C(=O)N(C)C(=O)[C@H]12. The summed E-state index contributed by atoms with van der Waals surface area (Å²) in [7, 11) is 2.19. The summed E-state index contributed by atoms with van der Waals surface area (Å²) in [6.07, 6.45) is 4.63. The maximum atomic E-state index is 12.9. The van der Waals surface area contributed by atoms with Crippen LogP contribution in [0.1, 0.15) is 38.2 Å². The molecule has 0 spiro atoms. The Morgan fingerprint density at radius 2 is 2.03 bits per heavy atom. The summed E-state index contributed by atoms with van der Waals surface area (Å²) >= 11 is 0. The number of amides is 2. The van der Waals surface area contributed by atoms with Crippen molar-refractivity contribution in [3.8, 4) is 5.75 Å². The first kappa shape index (κ1) is 23.7. The van der Waals surface area contributed by atoms with Crippen LogP contribution in [-0.4, -0.2) is 60.8 Å². The second kappa shape index (κ2) is 9.83. The molecule has 0 aromatic heterocycles. The van der Waals surface area contributed by atoms with E-state index in [9.17, 15) is 19.7 Å². The number of aromatic hydroxyl groups is 1. The molecule has 0 radical (unpaired) electrons. The molecule has 1 aliphatic carbocycles. The fraction of sp³-hybridized carbons (Fsp3) is 0.520. The second-order valence-electron chi connectivity index (χ2n) is 9.24. The van der Waals surface area contributed by atoms with Gasteiger partial charge in [0.15, 0.2) is 0 Å². The van der Waals surface area contributed by atoms with Crippen molar-refractivity contribution in [2.75, 3.05) is 20.8 Å². The van der Waals surface area contributed by atoms with E-state index in [1.807, 2.05) is 18.2 Å². The molecule has 176 valence electrons. The first-order valence-electron chi connectivity index (χ1n) is 11.7. The van der Waals surface area contributed by atoms with Gasteiger partial charge >= 0.3 is 7.12 Å². The molecule has 8 heteroatoms. The number of nitrogens with zero attached hydrogens (tertiary/aromatic N) is 1. The van der Waals surface area contributed by atoms with E-state index >= 15 is 0 Å². The van der Waals surface area contributed by atoms with E-state index in [-0.39, 0.29) is 35.5 Å². The van der Waals surface area contributed by atoms with Gasteiger partial charge in [-0.3, -0.25) is 14.5 Å². The smallest absolute Gasteiger partial charge is 0.455 e. The number of carbonyl (C=O) groups is 2. The molecule has 2 N–H and O–H groups in total. The summed E-state index contributed by atoms with van der Waals surface area (Å²) in [4.78, 5) is 26.9. The third-order valence-electron chi connectivity index (χ3n) is 7.33. The first-order chi connectivity index (χ1) is 15.8. The number of hydrogen-bond donors (Lipinski definition) is 2. The van der Waals surface area contributed by atoms with Gasteiger partial charge in [0.1, 0.15) is 5.75 Å². The first-order valence-corrected chi connectivity index (χ1v) is 11.7. The molecule has 2 aliphatic heterocycles. The largest absolute Gasteiger partial charge is 0.507 e. The van der Waals surface area contributed by atoms with Crippen LogP contribution in [0.25, 0.3) is 6.08 Å². The lowest BCUT2D eigenvalue weighted by molar-refractivity contribution is -0.138. The second-order valence-corrected chi connectivity index (χ2v) is 9.24. The number of phenols is 1. The molecule has 4 atom stereocenters. The number of fused-ring (bicyclic) bond motifs is 3. The summed E-state index contributed by atoms with van der Waals surface area (Å²) in [6, 6.07) is 7.23. The number of phenolic OH excluding ortho intramolecular Hbond substituents is 1. The Kier molecular flexibility index (Phi) is 7.07. The van der Waals surface area contributed by atoms with Gasteiger partial charge in [0.25, 0.3) is 0 Å². The average molecular weight is 453 g/mol. The van der Waals surface area contributed by atoms with E-state index in [0.29, 0.717) is 25.8 Å². The normalized spacial score (nSPS) is 27.8. The predicted molar refractivity (Wildman–Crippen MR) is 125 cm³/mol. The van der Waals surface area contributed by atoms with Gasteiger partial charge in [0, 0.05) is 19.7 Å². The third kappa shape index (κ3) is 4.52. The molecule has 4 rings (SSSR count). The molecule has 1 aromatic carbocycles. The molecule has 0 unspecified atom stereocenters. The summed E-state index contributed by atoms with van der Waals surface area (Å²) in [6.45, 7) is 2.45. The van der Waals surface area contributed by atoms with Gasteiger partial charge in [0.05, 0.1) is 24.5 Å². The highest BCUT2D eigenvalue weighted by atomic mass is 16.5. The fourth-order valence-corrected chi connectivity index (χ4v) is 5.73. The highest BCUT2D eigenvalue weighted by molar-refractivity contribution is 6.43. The van der Waals surface area contributed by atoms with E-state index < -0.39 is 13.0 Å². The molecule has 2 saturated heterocycles. The van der Waals surface area contributed by atoms with Gasteiger partial charge in [-0.25, -0.2) is 0 Å². The van der Waals surface area contributed by atoms with Crippen molar-refractivity contribution in [1.29, 1.82) is 0 Å². The number of ether oxygens (including phenoxy) is 1. The van der Waals surface area contributed by atoms with Crippen molar-refractivity contribution < 1.29 is 29.1 Å². The molecule has 7 nitrogen and oxygen atoms in total. The van der Waals surface area contributed by atoms with E-state index in [1.165, 1.54) is 4.90 Å². The molecular formula is C25H32BNO6. The van der Waals surface area contributed by atoms with Crippen LogP contribution < -0.4 is 0 Å². The van der Waals surface area contributed by atoms with Gasteiger partial charge in [-0.2, -0.15) is 0 Å². The predicted octanol–water partition coefficient (Wildman–Crippen LogP) is 3.04. The number of benzene rings is 1. The zero-order chi connectivity index (χ0) is 23.7. The number of rotatable bonds is 7. The quantitative estimate of drug-likeness (QED) is 0.374. The summed E-state index contributed by atoms with van der Waals surface area (Å²) in [5, 5.41) is 20.7. The minimum atomic E-state index is -0.979. The number of hydrogen-bond acceptors (Lipinski definition) is 6. The maximum absolute atomic E-state index is 12.9. The van der Waals surface area contributed by atoms with Crippen LogP contribution in [0.4, 0.5) is 0 Å². The molecule has 0 saturated carbocycles. The van der Waals surface area contributed by atoms with Crippen LogP contribution in [0, 0.1) is 17.8 Å². The highest BCUT2D eigenvalue weighted by Crippen LogP contribution is 2.50. The molecule has 2 heterocycles. The van der Waals surface area contributed by atoms with Crippen LogP contribution in [0.2, 0.25) is 6.32 Å². The number of carbonyl (C=O) groups excluding carboxylic acids is 2. The Balaban J connectivity index is 1.62. The maximum Gasteiger partial charge on any atom is 0.455 e. The van der Waals surface area contributed by atoms with E-state index in [1.54, 1.807) is 26.3 Å². The van der Waals surface area contributed by atoms with Gasteiger partial charge in [-0.05, 0) is 55.1 Å². The van der Waals surface area contributed by atoms with E-state index in [0.717, 1.165) is 35.1 Å². The number of imide groups is 1. The summed E-state index contributed by atoms with van der Waals surface area (Å²) < 4.78 is 11.5. The Hall–Kier alpha value is -2.42. The van der Waals surface area contributed by atoms with Gasteiger partial charge < -0.3 is 19.5 Å². The van der Waals surface area contributed by atoms with Crippen LogP contribution in [0.5, 0.6) is 5.75 Å². The van der Waals surface area contributed by atoms with E-state index in [4.69, 9.17) is 9.39 Å². The number of methoxy groups -OCH3 is 1. The molecule has 1 aromatic rings. The fourth-order valence-electron chi connectivity index (χ4n) is 5.73. The van der Waals surface area contributed by atoms with Gasteiger partial charge in [-0.1, -0.05) is 36.8 Å². The number of allylic oxidation sites excluding steroid dienone is 1. The third-order valence-corrected chi connectivity index (χ3v) is 7.33. The van der Waals surface area contributed by atoms with Crippen molar-refractivity contribution in [3.05, 3.63) is 46.5 Å². The summed E-state index contributed by atoms with van der Waals surface area (Å²) in [5.41, 5.74) is 3.97. The minimum absolute atomic E-state index is 0.144. The molecule has 0 bridgehead atoms. The lowest BCUT2D eigenvalue weighted by atomic mass is 9.58. The van der Waals surface area contributed by atoms with Crippen LogP contribution in [0.15, 0.2) is 41.0 Å². The Morgan fingerprint density at radius 3 is 2.73 bits per heavy atom. The van der Waals surface area contributed by atoms with Crippen LogP contribution >= 0.6 is 0 Å². The standard InChI is InChI=1S/C25H32BNO6/c1-4-15(11-16-7-5-6-8-20(16)28)9-10-21-22-17(14-32-3)12-18-23(19(22)13-26(31)33-21)25(30)27(2)24(18)29/h5-8,11,18-19,21,23,28,31H,4,9-10,12-14H2,1-3H3/b15-11+/t18-,19+,21-,23-/m1/s1. The Morgan fingerprint density at radius 1 is 1.27 bits per heavy atom. The van der Waals surface area contributed by atoms with Crippen molar-refractivity contribution in [2.24, 2.45) is 17.8 Å². The number of likely N-dealkylation sites (tertiary alicyclic amines) is 1. The molecule has 2 amide bonds. The molecule has 2 fully saturated rings. The van der Waals surface area contributed by atoms with E-state index in [2.05, 4.69) is 6.92 Å². The molecular weight excluding hydrogens is 421 g/mol. The van der Waals surface area contributed by atoms with Crippen LogP contribution in [0.3, 0.4) is 0 Å². The number of para-hydroxylation sites is 1. The minimum Gasteiger partial charge on any atom is -0.507 e. The summed E-state index contributed by atoms with van der Waals surface area (Å²) in [5.74, 6) is -1.12. The van der Waals surface area contributed by atoms with Gasteiger partial charge in [0.2, 0.25) is 11.8 Å². The van der Waals surface area contributed by atoms with Crippen molar-refractivity contribution >= 4 is 25.0 Å². The topological polar surface area (TPSA) is 96.3 Å². The molecule has 3 aliphatic rings. The van der Waals surface area contributed by atoms with Crippen molar-refractivity contribution in [3.63, 3.8) is 0 Å². The van der Waals surface area contributed by atoms with Crippen molar-refractivity contribution in [1.82, 2.24) is 4.90 Å². The average Bonchev–Trinajstić information content (AvgIpc) is 3.01.